The minimum atomic E-state index is -0.362. The average Bonchev–Trinajstić information content (AvgIpc) is 3.10. The summed E-state index contributed by atoms with van der Waals surface area (Å²) in [5.74, 6) is 0.176. The van der Waals surface area contributed by atoms with Gasteiger partial charge in [0.15, 0.2) is 5.69 Å². The first-order chi connectivity index (χ1) is 14.9. The van der Waals surface area contributed by atoms with Crippen molar-refractivity contribution in [2.24, 2.45) is 0 Å². The molecule has 2 aromatic heterocycles. The van der Waals surface area contributed by atoms with Gasteiger partial charge in [-0.2, -0.15) is 0 Å². The summed E-state index contributed by atoms with van der Waals surface area (Å²) in [7, 11) is 4.76. The number of anilines is 1. The van der Waals surface area contributed by atoms with Crippen LogP contribution in [0.1, 0.15) is 10.4 Å². The zero-order valence-corrected chi connectivity index (χ0v) is 17.5. The molecule has 31 heavy (non-hydrogen) atoms. The van der Waals surface area contributed by atoms with Crippen LogP contribution in [0.15, 0.2) is 41.2 Å². The number of nitrogens with one attached hydrogen (secondary N) is 2. The summed E-state index contributed by atoms with van der Waals surface area (Å²) < 4.78 is 10.5. The number of likely N-dealkylation sites (N-methyl/N-ethyl adjacent to an activating group) is 1. The van der Waals surface area contributed by atoms with Gasteiger partial charge in [0.05, 0.1) is 47.2 Å². The number of methoxy groups -OCH3 is 2. The lowest BCUT2D eigenvalue weighted by Gasteiger charge is -2.18. The van der Waals surface area contributed by atoms with Crippen molar-refractivity contribution in [1.82, 2.24) is 19.9 Å². The van der Waals surface area contributed by atoms with Crippen molar-refractivity contribution in [3.05, 3.63) is 52.3 Å². The van der Waals surface area contributed by atoms with E-state index in [1.165, 1.54) is 7.11 Å². The standard InChI is InChI=1S/C22H23N5O4/c1-27(8-9-30-2)22(29)13-10-12-16(11-17(13)31-3)25-19(18(12)23)20-21(28)26-15-7-5-4-6-14(15)24-20/h4-7,10-11,25H,8-9,23H2,1-3H3,(H,26,28). The number of hydrogen-bond acceptors (Lipinski definition) is 6. The largest absolute Gasteiger partial charge is 0.496 e. The molecule has 4 N–H and O–H groups in total. The van der Waals surface area contributed by atoms with Crippen LogP contribution < -0.4 is 16.0 Å². The van der Waals surface area contributed by atoms with Gasteiger partial charge in [0.25, 0.3) is 11.5 Å². The van der Waals surface area contributed by atoms with Crippen molar-refractivity contribution < 1.29 is 14.3 Å². The van der Waals surface area contributed by atoms with Crippen LogP contribution in [-0.4, -0.2) is 60.2 Å². The molecule has 0 atom stereocenters. The third kappa shape index (κ3) is 3.59. The number of benzene rings is 2. The van der Waals surface area contributed by atoms with Crippen LogP contribution in [0.3, 0.4) is 0 Å². The molecule has 0 saturated heterocycles. The SMILES string of the molecule is COCCN(C)C(=O)c1cc2c(N)c(-c3nc4ccccc4[nH]c3=O)[nH]c2cc1OC. The van der Waals surface area contributed by atoms with Crippen molar-refractivity contribution in [3.8, 4) is 17.1 Å². The van der Waals surface area contributed by atoms with E-state index in [1.54, 1.807) is 37.3 Å². The zero-order valence-electron chi connectivity index (χ0n) is 17.5. The van der Waals surface area contributed by atoms with Crippen LogP contribution in [-0.2, 0) is 4.74 Å². The minimum Gasteiger partial charge on any atom is -0.496 e. The molecule has 4 rings (SSSR count). The number of rotatable bonds is 6. The van der Waals surface area contributed by atoms with Crippen molar-refractivity contribution in [2.75, 3.05) is 40.2 Å². The van der Waals surface area contributed by atoms with Crippen molar-refractivity contribution in [3.63, 3.8) is 0 Å². The summed E-state index contributed by atoms with van der Waals surface area (Å²) in [5.41, 5.74) is 9.21. The van der Waals surface area contributed by atoms with Gasteiger partial charge < -0.3 is 30.1 Å². The molecule has 0 unspecified atom stereocenters. The van der Waals surface area contributed by atoms with Gasteiger partial charge in [-0.25, -0.2) is 4.98 Å². The average molecular weight is 421 g/mol. The lowest BCUT2D eigenvalue weighted by atomic mass is 10.1. The summed E-state index contributed by atoms with van der Waals surface area (Å²) in [5, 5.41) is 0.605. The summed E-state index contributed by atoms with van der Waals surface area (Å²) in [6, 6.07) is 10.6. The Morgan fingerprint density at radius 1 is 1.16 bits per heavy atom. The number of nitrogen functional groups attached to an aromatic ring is 1. The molecule has 4 aromatic rings. The Morgan fingerprint density at radius 3 is 2.68 bits per heavy atom. The summed E-state index contributed by atoms with van der Waals surface area (Å²) in [4.78, 5) is 37.6. The van der Waals surface area contributed by atoms with E-state index in [4.69, 9.17) is 15.2 Å². The quantitative estimate of drug-likeness (QED) is 0.439. The van der Waals surface area contributed by atoms with Gasteiger partial charge in [0.2, 0.25) is 0 Å². The number of ether oxygens (including phenoxy) is 2. The number of carbonyl (C=O) groups excluding carboxylic acids is 1. The molecule has 0 spiro atoms. The first-order valence-electron chi connectivity index (χ1n) is 9.67. The van der Waals surface area contributed by atoms with Crippen LogP contribution in [0.25, 0.3) is 33.3 Å². The van der Waals surface area contributed by atoms with E-state index in [2.05, 4.69) is 15.0 Å². The Morgan fingerprint density at radius 2 is 1.94 bits per heavy atom. The first-order valence-corrected chi connectivity index (χ1v) is 9.67. The van der Waals surface area contributed by atoms with Gasteiger partial charge in [-0.3, -0.25) is 9.59 Å². The van der Waals surface area contributed by atoms with Crippen molar-refractivity contribution in [1.29, 1.82) is 0 Å². The molecule has 0 fully saturated rings. The van der Waals surface area contributed by atoms with E-state index in [1.807, 2.05) is 18.2 Å². The third-order valence-electron chi connectivity index (χ3n) is 5.20. The number of aromatic amines is 2. The number of nitrogens with two attached hydrogens (primary N) is 1. The minimum absolute atomic E-state index is 0.177. The Labute approximate surface area is 177 Å². The monoisotopic (exact) mass is 421 g/mol. The van der Waals surface area contributed by atoms with Crippen LogP contribution in [0.4, 0.5) is 5.69 Å². The topological polar surface area (TPSA) is 126 Å². The fourth-order valence-electron chi connectivity index (χ4n) is 3.50. The van der Waals surface area contributed by atoms with E-state index in [9.17, 15) is 9.59 Å². The Bertz CT molecular complexity index is 1340. The Hall–Kier alpha value is -3.85. The van der Waals surface area contributed by atoms with Crippen LogP contribution in [0, 0.1) is 0 Å². The zero-order chi connectivity index (χ0) is 22.1. The van der Waals surface area contributed by atoms with E-state index >= 15 is 0 Å². The highest BCUT2D eigenvalue weighted by Crippen LogP contribution is 2.35. The smallest absolute Gasteiger partial charge is 0.276 e. The second-order valence-electron chi connectivity index (χ2n) is 7.16. The van der Waals surface area contributed by atoms with Gasteiger partial charge >= 0.3 is 0 Å². The van der Waals surface area contributed by atoms with Gasteiger partial charge in [0.1, 0.15) is 5.75 Å². The highest BCUT2D eigenvalue weighted by atomic mass is 16.5. The molecule has 0 saturated carbocycles. The number of H-pyrrole nitrogens is 2. The molecule has 0 aliphatic carbocycles. The van der Waals surface area contributed by atoms with Crippen LogP contribution >= 0.6 is 0 Å². The molecule has 9 heteroatoms. The highest BCUT2D eigenvalue weighted by Gasteiger charge is 2.22. The number of aromatic nitrogens is 3. The number of nitrogens with zero attached hydrogens (tertiary/aromatic N) is 2. The second-order valence-corrected chi connectivity index (χ2v) is 7.16. The molecule has 2 aromatic carbocycles. The van der Waals surface area contributed by atoms with E-state index in [0.29, 0.717) is 57.8 Å². The summed E-state index contributed by atoms with van der Waals surface area (Å²) in [6.45, 7) is 0.848. The molecule has 0 aliphatic heterocycles. The summed E-state index contributed by atoms with van der Waals surface area (Å²) >= 11 is 0. The number of amides is 1. The van der Waals surface area contributed by atoms with Gasteiger partial charge in [0, 0.05) is 32.2 Å². The van der Waals surface area contributed by atoms with Crippen molar-refractivity contribution in [2.45, 2.75) is 0 Å². The highest BCUT2D eigenvalue weighted by molar-refractivity contribution is 6.06. The molecule has 0 radical (unpaired) electrons. The number of carbonyl (C=O) groups is 1. The lowest BCUT2D eigenvalue weighted by molar-refractivity contribution is 0.0741. The molecule has 1 amide bonds. The molecule has 160 valence electrons. The normalized spacial score (nSPS) is 11.2. The maximum Gasteiger partial charge on any atom is 0.276 e. The molecular formula is C22H23N5O4. The molecule has 9 nitrogen and oxygen atoms in total. The predicted octanol–water partition coefficient (Wildman–Crippen LogP) is 2.38. The third-order valence-corrected chi connectivity index (χ3v) is 5.20. The van der Waals surface area contributed by atoms with E-state index in [-0.39, 0.29) is 17.2 Å². The van der Waals surface area contributed by atoms with Gasteiger partial charge in [-0.15, -0.1) is 0 Å². The maximum atomic E-state index is 12.9. The maximum absolute atomic E-state index is 12.9. The van der Waals surface area contributed by atoms with E-state index < -0.39 is 0 Å². The first kappa shape index (κ1) is 20.4. The van der Waals surface area contributed by atoms with Gasteiger partial charge in [-0.05, 0) is 18.2 Å². The van der Waals surface area contributed by atoms with Crippen LogP contribution in [0.5, 0.6) is 5.75 Å². The second kappa shape index (κ2) is 8.11. The Kier molecular flexibility index (Phi) is 5.35. The fraction of sp³-hybridized carbons (Fsp3) is 0.227. The van der Waals surface area contributed by atoms with Gasteiger partial charge in [-0.1, -0.05) is 12.1 Å². The van der Waals surface area contributed by atoms with Crippen LogP contribution in [0.2, 0.25) is 0 Å². The number of para-hydroxylation sites is 2. The number of fused-ring (bicyclic) bond motifs is 2. The summed E-state index contributed by atoms with van der Waals surface area (Å²) in [6.07, 6.45) is 0. The fourth-order valence-corrected chi connectivity index (χ4v) is 3.50. The molecule has 2 heterocycles. The van der Waals surface area contributed by atoms with Crippen molar-refractivity contribution >= 4 is 33.5 Å². The molecule has 0 aliphatic rings. The van der Waals surface area contributed by atoms with E-state index in [0.717, 1.165) is 0 Å². The predicted molar refractivity (Wildman–Crippen MR) is 119 cm³/mol. The Balaban J connectivity index is 1.85. The molecular weight excluding hydrogens is 398 g/mol. The molecule has 0 bridgehead atoms. The lowest BCUT2D eigenvalue weighted by Crippen LogP contribution is -2.30. The number of hydrogen-bond donors (Lipinski definition) is 3.